The normalized spacial score (nSPS) is 12.8. The van der Waals surface area contributed by atoms with Crippen LogP contribution in [-0.4, -0.2) is 38.5 Å². The van der Waals surface area contributed by atoms with Crippen LogP contribution in [0.25, 0.3) is 0 Å². The third-order valence-corrected chi connectivity index (χ3v) is 6.97. The standard InChI is InChI=1S/C18H21BrN2O3S2/c1-13(14-4-8-16(25-3)9-5-14)20-18(22)12-21(2)26(23,24)17-10-6-15(19)7-11-17/h4-11,13H,12H2,1-3H3,(H,20,22)/t13-/m0/s1. The van der Waals surface area contributed by atoms with Crippen molar-refractivity contribution in [2.24, 2.45) is 0 Å². The Balaban J connectivity index is 2.00. The first kappa shape index (κ1) is 21.0. The number of nitrogens with zero attached hydrogens (tertiary/aromatic N) is 1. The van der Waals surface area contributed by atoms with E-state index in [4.69, 9.17) is 0 Å². The second kappa shape index (κ2) is 9.03. The lowest BCUT2D eigenvalue weighted by atomic mass is 10.1. The molecule has 0 bridgehead atoms. The third-order valence-electron chi connectivity index (χ3n) is 3.88. The molecule has 2 rings (SSSR count). The molecule has 26 heavy (non-hydrogen) atoms. The summed E-state index contributed by atoms with van der Waals surface area (Å²) in [6, 6.07) is 14.0. The van der Waals surface area contributed by atoms with E-state index < -0.39 is 10.0 Å². The maximum Gasteiger partial charge on any atom is 0.243 e. The van der Waals surface area contributed by atoms with E-state index in [2.05, 4.69) is 21.2 Å². The Morgan fingerprint density at radius 1 is 1.15 bits per heavy atom. The summed E-state index contributed by atoms with van der Waals surface area (Å²) < 4.78 is 26.9. The number of benzene rings is 2. The minimum atomic E-state index is -3.71. The van der Waals surface area contributed by atoms with E-state index in [1.165, 1.54) is 19.2 Å². The van der Waals surface area contributed by atoms with Crippen LogP contribution in [0.15, 0.2) is 62.8 Å². The molecule has 0 fully saturated rings. The van der Waals surface area contributed by atoms with Crippen LogP contribution in [0.1, 0.15) is 18.5 Å². The van der Waals surface area contributed by atoms with Crippen LogP contribution in [0.3, 0.4) is 0 Å². The number of thioether (sulfide) groups is 1. The Hall–Kier alpha value is -1.35. The zero-order chi connectivity index (χ0) is 19.3. The van der Waals surface area contributed by atoms with Crippen LogP contribution in [0, 0.1) is 0 Å². The molecule has 1 amide bonds. The lowest BCUT2D eigenvalue weighted by Crippen LogP contribution is -2.39. The lowest BCUT2D eigenvalue weighted by Gasteiger charge is -2.19. The molecule has 0 heterocycles. The maximum absolute atomic E-state index is 12.5. The van der Waals surface area contributed by atoms with E-state index in [1.807, 2.05) is 37.4 Å². The first-order valence-electron chi connectivity index (χ1n) is 7.89. The molecular formula is C18H21BrN2O3S2. The van der Waals surface area contributed by atoms with Gasteiger partial charge in [-0.2, -0.15) is 4.31 Å². The van der Waals surface area contributed by atoms with E-state index in [0.29, 0.717) is 0 Å². The van der Waals surface area contributed by atoms with Gasteiger partial charge in [0.2, 0.25) is 15.9 Å². The van der Waals surface area contributed by atoms with Gasteiger partial charge in [-0.05, 0) is 55.1 Å². The summed E-state index contributed by atoms with van der Waals surface area (Å²) in [6.45, 7) is 1.63. The zero-order valence-electron chi connectivity index (χ0n) is 14.8. The lowest BCUT2D eigenvalue weighted by molar-refractivity contribution is -0.121. The SMILES string of the molecule is CSc1ccc([C@H](C)NC(=O)CN(C)S(=O)(=O)c2ccc(Br)cc2)cc1. The molecule has 0 aliphatic carbocycles. The molecular weight excluding hydrogens is 436 g/mol. The van der Waals surface area contributed by atoms with E-state index in [-0.39, 0.29) is 23.4 Å². The van der Waals surface area contributed by atoms with Crippen LogP contribution in [0.5, 0.6) is 0 Å². The fourth-order valence-electron chi connectivity index (χ4n) is 2.34. The van der Waals surface area contributed by atoms with E-state index >= 15 is 0 Å². The largest absolute Gasteiger partial charge is 0.348 e. The van der Waals surface area contributed by atoms with Crippen molar-refractivity contribution >= 4 is 43.6 Å². The van der Waals surface area contributed by atoms with Crippen molar-refractivity contribution in [3.8, 4) is 0 Å². The molecule has 0 saturated carbocycles. The molecule has 2 aromatic carbocycles. The minimum Gasteiger partial charge on any atom is -0.348 e. The number of carbonyl (C=O) groups is 1. The molecule has 0 aliphatic heterocycles. The molecule has 5 nitrogen and oxygen atoms in total. The summed E-state index contributed by atoms with van der Waals surface area (Å²) in [4.78, 5) is 13.6. The van der Waals surface area contributed by atoms with Crippen molar-refractivity contribution in [2.45, 2.75) is 22.8 Å². The highest BCUT2D eigenvalue weighted by Gasteiger charge is 2.23. The number of halogens is 1. The Labute approximate surface area is 167 Å². The average Bonchev–Trinajstić information content (AvgIpc) is 2.61. The second-order valence-electron chi connectivity index (χ2n) is 5.78. The number of hydrogen-bond donors (Lipinski definition) is 1. The van der Waals surface area contributed by atoms with Crippen LogP contribution in [0.2, 0.25) is 0 Å². The number of sulfonamides is 1. The van der Waals surface area contributed by atoms with Crippen LogP contribution < -0.4 is 5.32 Å². The third kappa shape index (κ3) is 5.33. The van der Waals surface area contributed by atoms with Gasteiger partial charge >= 0.3 is 0 Å². The molecule has 0 saturated heterocycles. The van der Waals surface area contributed by atoms with Gasteiger partial charge in [0.15, 0.2) is 0 Å². The summed E-state index contributed by atoms with van der Waals surface area (Å²) in [5.41, 5.74) is 0.967. The first-order valence-corrected chi connectivity index (χ1v) is 11.3. The van der Waals surface area contributed by atoms with Crippen LogP contribution in [-0.2, 0) is 14.8 Å². The summed E-state index contributed by atoms with van der Waals surface area (Å²) in [7, 11) is -2.31. The van der Waals surface area contributed by atoms with Crippen molar-refractivity contribution in [1.29, 1.82) is 0 Å². The Bertz CT molecular complexity index is 853. The molecule has 1 atom stereocenters. The van der Waals surface area contributed by atoms with Crippen LogP contribution >= 0.6 is 27.7 Å². The summed E-state index contributed by atoms with van der Waals surface area (Å²) >= 11 is 4.92. The number of hydrogen-bond acceptors (Lipinski definition) is 4. The predicted octanol–water partition coefficient (Wildman–Crippen LogP) is 3.67. The van der Waals surface area contributed by atoms with Crippen molar-refractivity contribution in [3.63, 3.8) is 0 Å². The summed E-state index contributed by atoms with van der Waals surface area (Å²) in [6.07, 6.45) is 2.00. The first-order chi connectivity index (χ1) is 12.2. The number of rotatable bonds is 7. The molecule has 8 heteroatoms. The monoisotopic (exact) mass is 456 g/mol. The Kier molecular flexibility index (Phi) is 7.28. The van der Waals surface area contributed by atoms with Gasteiger partial charge in [-0.3, -0.25) is 4.79 Å². The second-order valence-corrected chi connectivity index (χ2v) is 9.62. The molecule has 140 valence electrons. The predicted molar refractivity (Wildman–Crippen MR) is 109 cm³/mol. The fraction of sp³-hybridized carbons (Fsp3) is 0.278. The van der Waals surface area contributed by atoms with Gasteiger partial charge in [0.25, 0.3) is 0 Å². The molecule has 2 aromatic rings. The van der Waals surface area contributed by atoms with Crippen molar-refractivity contribution in [3.05, 3.63) is 58.6 Å². The van der Waals surface area contributed by atoms with Gasteiger partial charge < -0.3 is 5.32 Å². The molecule has 0 unspecified atom stereocenters. The topological polar surface area (TPSA) is 66.5 Å². The molecule has 0 aliphatic rings. The molecule has 0 aromatic heterocycles. The number of likely N-dealkylation sites (N-methyl/N-ethyl adjacent to an activating group) is 1. The Morgan fingerprint density at radius 3 is 2.27 bits per heavy atom. The van der Waals surface area contributed by atoms with Gasteiger partial charge in [0, 0.05) is 16.4 Å². The summed E-state index contributed by atoms with van der Waals surface area (Å²) in [5.74, 6) is -0.352. The van der Waals surface area contributed by atoms with Gasteiger partial charge in [0.1, 0.15) is 0 Å². The zero-order valence-corrected chi connectivity index (χ0v) is 18.0. The Morgan fingerprint density at radius 2 is 1.73 bits per heavy atom. The van der Waals surface area contributed by atoms with E-state index in [0.717, 1.165) is 19.2 Å². The van der Waals surface area contributed by atoms with Crippen molar-refractivity contribution in [1.82, 2.24) is 9.62 Å². The highest BCUT2D eigenvalue weighted by molar-refractivity contribution is 9.10. The highest BCUT2D eigenvalue weighted by Crippen LogP contribution is 2.20. The van der Waals surface area contributed by atoms with Gasteiger partial charge in [-0.1, -0.05) is 28.1 Å². The molecule has 0 spiro atoms. The minimum absolute atomic E-state index is 0.150. The quantitative estimate of drug-likeness (QED) is 0.645. The number of carbonyl (C=O) groups excluding carboxylic acids is 1. The van der Waals surface area contributed by atoms with Crippen LogP contribution in [0.4, 0.5) is 0 Å². The van der Waals surface area contributed by atoms with E-state index in [1.54, 1.807) is 23.9 Å². The van der Waals surface area contributed by atoms with Crippen molar-refractivity contribution in [2.75, 3.05) is 19.8 Å². The number of nitrogens with one attached hydrogen (secondary N) is 1. The fourth-order valence-corrected chi connectivity index (χ4v) is 4.14. The van der Waals surface area contributed by atoms with Crippen molar-refractivity contribution < 1.29 is 13.2 Å². The smallest absolute Gasteiger partial charge is 0.243 e. The average molecular weight is 457 g/mol. The molecule has 1 N–H and O–H groups in total. The molecule has 0 radical (unpaired) electrons. The van der Waals surface area contributed by atoms with Gasteiger partial charge in [0.05, 0.1) is 17.5 Å². The number of amides is 1. The van der Waals surface area contributed by atoms with Gasteiger partial charge in [-0.15, -0.1) is 11.8 Å². The maximum atomic E-state index is 12.5. The van der Waals surface area contributed by atoms with E-state index in [9.17, 15) is 13.2 Å². The summed E-state index contributed by atoms with van der Waals surface area (Å²) in [5, 5.41) is 2.84. The highest BCUT2D eigenvalue weighted by atomic mass is 79.9. The van der Waals surface area contributed by atoms with Gasteiger partial charge in [-0.25, -0.2) is 8.42 Å².